The van der Waals surface area contributed by atoms with Gasteiger partial charge in [0.15, 0.2) is 0 Å². The Morgan fingerprint density at radius 1 is 1.07 bits per heavy atom. The van der Waals surface area contributed by atoms with Crippen LogP contribution in [0, 0.1) is 23.7 Å². The van der Waals surface area contributed by atoms with Crippen molar-refractivity contribution in [2.45, 2.75) is 76.7 Å². The Morgan fingerprint density at radius 3 is 2.63 bits per heavy atom. The molecule has 0 aromatic rings. The van der Waals surface area contributed by atoms with Crippen LogP contribution in [0.2, 0.25) is 0 Å². The number of rotatable bonds is 6. The van der Waals surface area contributed by atoms with Crippen molar-refractivity contribution < 1.29 is 14.6 Å². The summed E-state index contributed by atoms with van der Waals surface area (Å²) in [6, 6.07) is 0.467. The van der Waals surface area contributed by atoms with Crippen LogP contribution in [0.15, 0.2) is 29.0 Å². The Balaban J connectivity index is 1.29. The van der Waals surface area contributed by atoms with E-state index in [0.717, 1.165) is 56.6 Å². The van der Waals surface area contributed by atoms with Gasteiger partial charge >= 0.3 is 5.97 Å². The van der Waals surface area contributed by atoms with E-state index in [9.17, 15) is 9.90 Å². The molecular weight excluding hydrogens is 338 g/mol. The van der Waals surface area contributed by atoms with Crippen LogP contribution >= 0.6 is 0 Å². The molecule has 0 spiro atoms. The summed E-state index contributed by atoms with van der Waals surface area (Å²) in [7, 11) is 0. The zero-order valence-electron chi connectivity index (χ0n) is 16.3. The molecule has 4 atom stereocenters. The minimum Gasteiger partial charge on any atom is -0.492 e. The number of carboxylic acids is 1. The molecule has 1 aliphatic heterocycles. The van der Waals surface area contributed by atoms with E-state index in [1.165, 1.54) is 31.4 Å². The second kappa shape index (κ2) is 8.62. The van der Waals surface area contributed by atoms with Crippen molar-refractivity contribution >= 4 is 11.7 Å². The fraction of sp³-hybridized carbons (Fsp3) is 0.739. The first-order valence-electron chi connectivity index (χ1n) is 11.0. The standard InChI is InChI=1S/C23H33NO3/c25-23(26)22(17-6-1-2-7-17)18-10-13-20(14-11-18)27-15-19-12-9-16-5-3-4-8-21(16)24-19/h3-4,13,16-18,21-22H,1-2,5-12,14-15H2,(H,25,26). The van der Waals surface area contributed by atoms with Crippen molar-refractivity contribution in [3.05, 3.63) is 24.0 Å². The summed E-state index contributed by atoms with van der Waals surface area (Å²) in [6.45, 7) is 0.619. The minimum atomic E-state index is -0.586. The molecule has 0 radical (unpaired) electrons. The monoisotopic (exact) mass is 371 g/mol. The van der Waals surface area contributed by atoms with Gasteiger partial charge in [-0.1, -0.05) is 25.0 Å². The molecule has 3 aliphatic carbocycles. The molecule has 1 fully saturated rings. The molecule has 4 heteroatoms. The highest BCUT2D eigenvalue weighted by Crippen LogP contribution is 2.40. The van der Waals surface area contributed by atoms with Crippen molar-refractivity contribution in [3.63, 3.8) is 0 Å². The van der Waals surface area contributed by atoms with Gasteiger partial charge in [-0.3, -0.25) is 9.79 Å². The molecule has 4 aliphatic rings. The van der Waals surface area contributed by atoms with Crippen LogP contribution in [-0.4, -0.2) is 29.4 Å². The average Bonchev–Trinajstić information content (AvgIpc) is 3.21. The second-order valence-corrected chi connectivity index (χ2v) is 8.91. The molecule has 4 nitrogen and oxygen atoms in total. The Kier molecular flexibility index (Phi) is 5.99. The van der Waals surface area contributed by atoms with Gasteiger partial charge in [0, 0.05) is 6.42 Å². The zero-order valence-corrected chi connectivity index (χ0v) is 16.3. The number of nitrogens with zero attached hydrogens (tertiary/aromatic N) is 1. The number of carboxylic acid groups (broad SMARTS) is 1. The molecule has 148 valence electrons. The summed E-state index contributed by atoms with van der Waals surface area (Å²) < 4.78 is 6.08. The minimum absolute atomic E-state index is 0.163. The Hall–Kier alpha value is -1.58. The van der Waals surface area contributed by atoms with Crippen LogP contribution < -0.4 is 0 Å². The molecular formula is C23H33NO3. The van der Waals surface area contributed by atoms with E-state index in [2.05, 4.69) is 18.2 Å². The van der Waals surface area contributed by atoms with Gasteiger partial charge in [0.05, 0.1) is 23.4 Å². The van der Waals surface area contributed by atoms with E-state index >= 15 is 0 Å². The van der Waals surface area contributed by atoms with Crippen LogP contribution in [-0.2, 0) is 9.53 Å². The molecule has 1 heterocycles. The first-order valence-corrected chi connectivity index (χ1v) is 11.0. The highest BCUT2D eigenvalue weighted by atomic mass is 16.5. The number of aliphatic carboxylic acids is 1. The van der Waals surface area contributed by atoms with Crippen LogP contribution in [0.3, 0.4) is 0 Å². The summed E-state index contributed by atoms with van der Waals surface area (Å²) in [5, 5.41) is 9.75. The average molecular weight is 372 g/mol. The number of hydrogen-bond acceptors (Lipinski definition) is 3. The predicted octanol–water partition coefficient (Wildman–Crippen LogP) is 5.15. The van der Waals surface area contributed by atoms with Gasteiger partial charge in [0.2, 0.25) is 0 Å². The molecule has 0 bridgehead atoms. The zero-order chi connectivity index (χ0) is 18.6. The van der Waals surface area contributed by atoms with Gasteiger partial charge in [-0.2, -0.15) is 0 Å². The molecule has 4 rings (SSSR count). The Morgan fingerprint density at radius 2 is 1.89 bits per heavy atom. The lowest BCUT2D eigenvalue weighted by atomic mass is 9.75. The van der Waals surface area contributed by atoms with Crippen LogP contribution in [0.25, 0.3) is 0 Å². The lowest BCUT2D eigenvalue weighted by Gasteiger charge is -2.32. The number of aliphatic imine (C=N–C) groups is 1. The Labute approximate surface area is 162 Å². The molecule has 1 saturated carbocycles. The molecule has 1 N–H and O–H groups in total. The van der Waals surface area contributed by atoms with Crippen molar-refractivity contribution in [1.82, 2.24) is 0 Å². The van der Waals surface area contributed by atoms with Crippen molar-refractivity contribution in [2.24, 2.45) is 28.7 Å². The highest BCUT2D eigenvalue weighted by Gasteiger charge is 2.37. The lowest BCUT2D eigenvalue weighted by molar-refractivity contribution is -0.146. The summed E-state index contributed by atoms with van der Waals surface area (Å²) in [4.78, 5) is 16.8. The second-order valence-electron chi connectivity index (χ2n) is 8.91. The summed E-state index contributed by atoms with van der Waals surface area (Å²) in [5.74, 6) is 1.70. The van der Waals surface area contributed by atoms with Gasteiger partial charge in [0.25, 0.3) is 0 Å². The molecule has 0 saturated heterocycles. The third-order valence-corrected chi connectivity index (χ3v) is 7.21. The van der Waals surface area contributed by atoms with E-state index in [-0.39, 0.29) is 11.8 Å². The maximum absolute atomic E-state index is 11.8. The van der Waals surface area contributed by atoms with Crippen LogP contribution in [0.1, 0.15) is 70.6 Å². The maximum atomic E-state index is 11.8. The van der Waals surface area contributed by atoms with Crippen molar-refractivity contribution in [1.29, 1.82) is 0 Å². The first kappa shape index (κ1) is 18.8. The van der Waals surface area contributed by atoms with Crippen LogP contribution in [0.5, 0.6) is 0 Å². The smallest absolute Gasteiger partial charge is 0.307 e. The maximum Gasteiger partial charge on any atom is 0.307 e. The van der Waals surface area contributed by atoms with E-state index in [0.29, 0.717) is 18.6 Å². The molecule has 4 unspecified atom stereocenters. The van der Waals surface area contributed by atoms with Crippen LogP contribution in [0.4, 0.5) is 0 Å². The van der Waals surface area contributed by atoms with Crippen molar-refractivity contribution in [3.8, 4) is 0 Å². The third-order valence-electron chi connectivity index (χ3n) is 7.21. The quantitative estimate of drug-likeness (QED) is 0.657. The molecule has 0 aromatic heterocycles. The van der Waals surface area contributed by atoms with E-state index in [1.807, 2.05) is 0 Å². The topological polar surface area (TPSA) is 58.9 Å². The highest BCUT2D eigenvalue weighted by molar-refractivity contribution is 5.86. The number of carbonyl (C=O) groups is 1. The summed E-state index contributed by atoms with van der Waals surface area (Å²) in [5.41, 5.74) is 1.21. The lowest BCUT2D eigenvalue weighted by Crippen LogP contribution is -2.31. The number of allylic oxidation sites excluding steroid dienone is 3. The van der Waals surface area contributed by atoms with Gasteiger partial charge in [-0.05, 0) is 75.2 Å². The van der Waals surface area contributed by atoms with E-state index in [1.54, 1.807) is 0 Å². The van der Waals surface area contributed by atoms with Gasteiger partial charge in [-0.25, -0.2) is 0 Å². The van der Waals surface area contributed by atoms with E-state index in [4.69, 9.17) is 9.73 Å². The molecule has 0 aromatic carbocycles. The fourth-order valence-corrected chi connectivity index (χ4v) is 5.65. The Bertz CT molecular complexity index is 630. The number of fused-ring (bicyclic) bond motifs is 1. The van der Waals surface area contributed by atoms with Gasteiger partial charge in [-0.15, -0.1) is 0 Å². The normalized spacial score (nSPS) is 32.4. The first-order chi connectivity index (χ1) is 13.2. The SMILES string of the molecule is O=C(O)C(C1CC=C(OCC2=NC3CC=CCC3CC2)CC1)C1CCCC1. The van der Waals surface area contributed by atoms with Gasteiger partial charge < -0.3 is 9.84 Å². The summed E-state index contributed by atoms with van der Waals surface area (Å²) >= 11 is 0. The largest absolute Gasteiger partial charge is 0.492 e. The molecule has 0 amide bonds. The van der Waals surface area contributed by atoms with Crippen molar-refractivity contribution in [2.75, 3.05) is 6.61 Å². The number of hydrogen-bond donors (Lipinski definition) is 1. The van der Waals surface area contributed by atoms with E-state index < -0.39 is 5.97 Å². The van der Waals surface area contributed by atoms with Gasteiger partial charge in [0.1, 0.15) is 6.61 Å². The number of ether oxygens (including phenoxy) is 1. The molecule has 27 heavy (non-hydrogen) atoms. The third kappa shape index (κ3) is 4.47. The summed E-state index contributed by atoms with van der Waals surface area (Å²) in [6.07, 6.45) is 18.6. The fourth-order valence-electron chi connectivity index (χ4n) is 5.65. The predicted molar refractivity (Wildman–Crippen MR) is 107 cm³/mol.